The lowest BCUT2D eigenvalue weighted by Gasteiger charge is -2.11. The van der Waals surface area contributed by atoms with Crippen LogP contribution in [-0.4, -0.2) is 27.6 Å². The van der Waals surface area contributed by atoms with Crippen molar-refractivity contribution in [3.05, 3.63) is 53.7 Å². The summed E-state index contributed by atoms with van der Waals surface area (Å²) in [6.45, 7) is -0.216. The van der Waals surface area contributed by atoms with E-state index in [-0.39, 0.29) is 6.54 Å². The number of halogens is 1. The van der Waals surface area contributed by atoms with Crippen molar-refractivity contribution < 1.29 is 9.90 Å². The number of benzene rings is 1. The molecule has 0 saturated heterocycles. The first-order valence-electron chi connectivity index (χ1n) is 6.61. The second-order valence-corrected chi connectivity index (χ2v) is 5.13. The predicted octanol–water partition coefficient (Wildman–Crippen LogP) is 3.45. The van der Waals surface area contributed by atoms with Gasteiger partial charge in [-0.3, -0.25) is 4.79 Å². The summed E-state index contributed by atoms with van der Waals surface area (Å²) in [6.07, 6.45) is 1.65. The predicted molar refractivity (Wildman–Crippen MR) is 86.1 cm³/mol. The zero-order valence-electron chi connectivity index (χ0n) is 11.5. The van der Waals surface area contributed by atoms with Crippen molar-refractivity contribution in [2.24, 2.45) is 0 Å². The lowest BCUT2D eigenvalue weighted by molar-refractivity contribution is -0.134. The van der Waals surface area contributed by atoms with E-state index in [9.17, 15) is 4.79 Å². The molecule has 2 heterocycles. The van der Waals surface area contributed by atoms with Crippen LogP contribution in [0.2, 0.25) is 5.02 Å². The third-order valence-corrected chi connectivity index (χ3v) is 3.40. The minimum Gasteiger partial charge on any atom is -0.480 e. The van der Waals surface area contributed by atoms with Gasteiger partial charge in [0.15, 0.2) is 5.65 Å². The number of carbonyl (C=O) groups is 1. The highest BCUT2D eigenvalue weighted by Gasteiger charge is 2.10. The van der Waals surface area contributed by atoms with Crippen LogP contribution in [0.4, 0.5) is 5.82 Å². The molecule has 22 heavy (non-hydrogen) atoms. The van der Waals surface area contributed by atoms with Gasteiger partial charge in [-0.2, -0.15) is 0 Å². The van der Waals surface area contributed by atoms with Gasteiger partial charge in [-0.05, 0) is 35.9 Å². The Bertz CT molecular complexity index is 834. The highest BCUT2D eigenvalue weighted by Crippen LogP contribution is 2.30. The number of nitrogens with one attached hydrogen (secondary N) is 1. The van der Waals surface area contributed by atoms with Crippen LogP contribution in [0.15, 0.2) is 48.7 Å². The van der Waals surface area contributed by atoms with Gasteiger partial charge in [0.1, 0.15) is 12.4 Å². The number of aromatic nitrogens is 2. The summed E-state index contributed by atoms with van der Waals surface area (Å²) in [6, 6.07) is 13.0. The van der Waals surface area contributed by atoms with Gasteiger partial charge in [0.05, 0.1) is 0 Å². The smallest absolute Gasteiger partial charge is 0.322 e. The summed E-state index contributed by atoms with van der Waals surface area (Å²) in [7, 11) is 0. The minimum atomic E-state index is -0.954. The van der Waals surface area contributed by atoms with Crippen molar-refractivity contribution in [1.29, 1.82) is 0 Å². The number of hydrogen-bond acceptors (Lipinski definition) is 4. The molecule has 6 heteroatoms. The van der Waals surface area contributed by atoms with Crippen molar-refractivity contribution in [2.45, 2.75) is 0 Å². The normalized spacial score (nSPS) is 10.6. The van der Waals surface area contributed by atoms with E-state index in [2.05, 4.69) is 15.3 Å². The number of rotatable bonds is 4. The third-order valence-electron chi connectivity index (χ3n) is 3.15. The average molecular weight is 314 g/mol. The van der Waals surface area contributed by atoms with Crippen LogP contribution in [-0.2, 0) is 4.79 Å². The quantitative estimate of drug-likeness (QED) is 0.771. The van der Waals surface area contributed by atoms with Gasteiger partial charge in [-0.25, -0.2) is 9.97 Å². The Balaban J connectivity index is 2.13. The second-order valence-electron chi connectivity index (χ2n) is 4.69. The third kappa shape index (κ3) is 2.99. The molecule has 0 aliphatic rings. The maximum Gasteiger partial charge on any atom is 0.322 e. The topological polar surface area (TPSA) is 75.1 Å². The molecule has 0 bridgehead atoms. The fourth-order valence-corrected chi connectivity index (χ4v) is 2.28. The number of anilines is 1. The Labute approximate surface area is 131 Å². The van der Waals surface area contributed by atoms with E-state index in [4.69, 9.17) is 16.7 Å². The Morgan fingerprint density at radius 2 is 2.00 bits per heavy atom. The number of carboxylic acids is 1. The van der Waals surface area contributed by atoms with Gasteiger partial charge in [-0.15, -0.1) is 0 Å². The molecule has 0 aliphatic heterocycles. The van der Waals surface area contributed by atoms with Gasteiger partial charge in [-0.1, -0.05) is 23.7 Å². The monoisotopic (exact) mass is 313 g/mol. The van der Waals surface area contributed by atoms with Crippen molar-refractivity contribution in [3.63, 3.8) is 0 Å². The molecule has 0 atom stereocenters. The highest BCUT2D eigenvalue weighted by atomic mass is 35.5. The molecule has 2 aromatic heterocycles. The Morgan fingerprint density at radius 3 is 2.73 bits per heavy atom. The maximum atomic E-state index is 10.8. The van der Waals surface area contributed by atoms with E-state index in [1.165, 1.54) is 0 Å². The van der Waals surface area contributed by atoms with Crippen LogP contribution in [0, 0.1) is 0 Å². The van der Waals surface area contributed by atoms with Crippen LogP contribution in [0.5, 0.6) is 0 Å². The molecule has 3 rings (SSSR count). The number of pyridine rings is 2. The average Bonchev–Trinajstić information content (AvgIpc) is 2.53. The fourth-order valence-electron chi connectivity index (χ4n) is 2.15. The van der Waals surface area contributed by atoms with Crippen molar-refractivity contribution in [1.82, 2.24) is 9.97 Å². The van der Waals surface area contributed by atoms with E-state index < -0.39 is 5.97 Å². The number of fused-ring (bicyclic) bond motifs is 1. The number of nitrogens with zero attached hydrogens (tertiary/aromatic N) is 2. The van der Waals surface area contributed by atoms with E-state index in [0.717, 1.165) is 16.5 Å². The van der Waals surface area contributed by atoms with Crippen molar-refractivity contribution >= 4 is 34.4 Å². The lowest BCUT2D eigenvalue weighted by Crippen LogP contribution is -2.14. The van der Waals surface area contributed by atoms with Crippen LogP contribution in [0.1, 0.15) is 0 Å². The van der Waals surface area contributed by atoms with Crippen molar-refractivity contribution in [3.8, 4) is 11.1 Å². The van der Waals surface area contributed by atoms with Crippen LogP contribution < -0.4 is 5.32 Å². The molecule has 1 aromatic carbocycles. The Morgan fingerprint density at radius 1 is 1.23 bits per heavy atom. The molecule has 0 fully saturated rings. The molecule has 2 N–H and O–H groups in total. The number of carboxylic acid groups (broad SMARTS) is 1. The maximum absolute atomic E-state index is 10.8. The molecule has 0 amide bonds. The summed E-state index contributed by atoms with van der Waals surface area (Å²) < 4.78 is 0. The largest absolute Gasteiger partial charge is 0.480 e. The Kier molecular flexibility index (Phi) is 3.89. The number of hydrogen-bond donors (Lipinski definition) is 2. The zero-order chi connectivity index (χ0) is 15.5. The summed E-state index contributed by atoms with van der Waals surface area (Å²) in [5, 5.41) is 13.2. The van der Waals surface area contributed by atoms with Crippen LogP contribution in [0.3, 0.4) is 0 Å². The van der Waals surface area contributed by atoms with Gasteiger partial charge in [0.2, 0.25) is 0 Å². The van der Waals surface area contributed by atoms with E-state index in [1.54, 1.807) is 18.3 Å². The highest BCUT2D eigenvalue weighted by molar-refractivity contribution is 6.30. The second kappa shape index (κ2) is 5.99. The summed E-state index contributed by atoms with van der Waals surface area (Å²) in [5.74, 6) is -0.471. The van der Waals surface area contributed by atoms with Crippen LogP contribution >= 0.6 is 11.6 Å². The van der Waals surface area contributed by atoms with Gasteiger partial charge in [0.25, 0.3) is 0 Å². The Hall–Kier alpha value is -2.66. The molecule has 110 valence electrons. The molecule has 3 aromatic rings. The minimum absolute atomic E-state index is 0.216. The molecular formula is C16H12ClN3O2. The molecule has 0 spiro atoms. The SMILES string of the molecule is O=C(O)CNc1nc2ncccc2cc1-c1ccc(Cl)cc1. The first-order valence-corrected chi connectivity index (χ1v) is 6.98. The molecule has 5 nitrogen and oxygen atoms in total. The molecule has 0 unspecified atom stereocenters. The lowest BCUT2D eigenvalue weighted by atomic mass is 10.0. The molecule has 0 aliphatic carbocycles. The van der Waals surface area contributed by atoms with E-state index in [0.29, 0.717) is 16.5 Å². The van der Waals surface area contributed by atoms with Gasteiger partial charge >= 0.3 is 5.97 Å². The first-order chi connectivity index (χ1) is 10.6. The van der Waals surface area contributed by atoms with Gasteiger partial charge in [0, 0.05) is 22.2 Å². The van der Waals surface area contributed by atoms with Crippen molar-refractivity contribution in [2.75, 3.05) is 11.9 Å². The molecule has 0 radical (unpaired) electrons. The fraction of sp³-hybridized carbons (Fsp3) is 0.0625. The zero-order valence-corrected chi connectivity index (χ0v) is 12.2. The summed E-state index contributed by atoms with van der Waals surface area (Å²) >= 11 is 5.92. The van der Waals surface area contributed by atoms with E-state index >= 15 is 0 Å². The van der Waals surface area contributed by atoms with E-state index in [1.807, 2.05) is 30.3 Å². The number of aliphatic carboxylic acids is 1. The summed E-state index contributed by atoms with van der Waals surface area (Å²) in [4.78, 5) is 19.4. The van der Waals surface area contributed by atoms with Crippen LogP contribution in [0.25, 0.3) is 22.2 Å². The first kappa shape index (κ1) is 14.3. The summed E-state index contributed by atoms with van der Waals surface area (Å²) in [5.41, 5.74) is 2.27. The standard InChI is InChI=1S/C16H12ClN3O2/c17-12-5-3-10(4-6-12)13-8-11-2-1-7-18-15(11)20-16(13)19-9-14(21)22/h1-8H,9H2,(H,21,22)(H,18,19,20). The molecule has 0 saturated carbocycles. The van der Waals surface area contributed by atoms with Gasteiger partial charge < -0.3 is 10.4 Å². The molecular weight excluding hydrogens is 302 g/mol.